The van der Waals surface area contributed by atoms with E-state index in [0.29, 0.717) is 68.0 Å². The van der Waals surface area contributed by atoms with Gasteiger partial charge in [0.15, 0.2) is 16.9 Å². The fraction of sp³-hybridized carbons (Fsp3) is 0.468. The second-order valence-electron chi connectivity index (χ2n) is 24.9. The van der Waals surface area contributed by atoms with E-state index in [0.717, 1.165) is 72.9 Å². The molecule has 2 aliphatic rings. The first kappa shape index (κ1) is 60.3. The normalized spacial score (nSPS) is 16.2. The first-order valence-corrected chi connectivity index (χ1v) is 28.6. The van der Waals surface area contributed by atoms with E-state index in [2.05, 4.69) is 106 Å². The molecule has 2 saturated carbocycles. The van der Waals surface area contributed by atoms with Gasteiger partial charge in [0, 0.05) is 28.7 Å². The summed E-state index contributed by atoms with van der Waals surface area (Å²) in [6, 6.07) is 26.1. The molecule has 81 heavy (non-hydrogen) atoms. The van der Waals surface area contributed by atoms with E-state index in [9.17, 15) is 24.6 Å². The number of hydrogen-bond acceptors (Lipinski definition) is 11. The standard InChI is InChI=1S/2C22H25ClN4O2.C18H28N4O/c2*1-14-12-16-19(26-18(14)23)27(21(2)10-7-11-21)20(24-16)25-17(28)13-22(3,29)15-8-5-4-6-9-15;1-8-18(6,7)22-15-13(10-9-12(2)19-15)20-16(22)21-14(23)11-17(3,4)5/h2*4-6,8-9,12,29H,7,10-11,13H2,1-3H3,(H,24,25,28);9-10H,8,11H2,1-7H3,(H,20,21,23)/t2*22-;/m10./s1. The summed E-state index contributed by atoms with van der Waals surface area (Å²) in [5.41, 5.74) is 5.27. The Morgan fingerprint density at radius 1 is 0.543 bits per heavy atom. The van der Waals surface area contributed by atoms with Crippen molar-refractivity contribution in [3.63, 3.8) is 0 Å². The maximum absolute atomic E-state index is 12.8. The molecule has 0 unspecified atom stereocenters. The van der Waals surface area contributed by atoms with Gasteiger partial charge in [-0.3, -0.25) is 44.0 Å². The highest BCUT2D eigenvalue weighted by molar-refractivity contribution is 6.30. The summed E-state index contributed by atoms with van der Waals surface area (Å²) in [5, 5.41) is 31.3. The predicted octanol–water partition coefficient (Wildman–Crippen LogP) is 13.3. The molecule has 17 nitrogen and oxygen atoms in total. The molecule has 430 valence electrons. The molecule has 6 heterocycles. The first-order valence-electron chi connectivity index (χ1n) is 27.9. The summed E-state index contributed by atoms with van der Waals surface area (Å²) >= 11 is 12.5. The molecular formula is C62H78Cl2N12O5. The summed E-state index contributed by atoms with van der Waals surface area (Å²) in [5.74, 6) is 0.856. The Labute approximate surface area is 484 Å². The van der Waals surface area contributed by atoms with Crippen LogP contribution in [0.1, 0.15) is 161 Å². The molecule has 0 bridgehead atoms. The van der Waals surface area contributed by atoms with Gasteiger partial charge in [-0.1, -0.05) is 112 Å². The van der Waals surface area contributed by atoms with Gasteiger partial charge < -0.3 is 10.2 Å². The number of fused-ring (bicyclic) bond motifs is 3. The SMILES string of the molecule is CCC(C)(C)n1c(NC(=O)CC(C)(C)C)nc2ccc(C)nc21.Cc1cc2nc(NC(=O)C[C@@](C)(O)c3ccccc3)n(C3(C)CCC3)c2nc1Cl.Cc1cc2nc(NC(=O)C[C@](C)(O)c3ccccc3)n(C3(C)CCC3)c2nc1Cl. The third-order valence-electron chi connectivity index (χ3n) is 15.8. The summed E-state index contributed by atoms with van der Waals surface area (Å²) < 4.78 is 6.04. The lowest BCUT2D eigenvalue weighted by Crippen LogP contribution is -2.39. The van der Waals surface area contributed by atoms with Crippen molar-refractivity contribution in [1.29, 1.82) is 0 Å². The number of nitrogens with one attached hydrogen (secondary N) is 3. The second-order valence-corrected chi connectivity index (χ2v) is 25.6. The van der Waals surface area contributed by atoms with Crippen LogP contribution in [0, 0.1) is 26.2 Å². The Hall–Kier alpha value is -6.79. The van der Waals surface area contributed by atoms with Crippen molar-refractivity contribution < 1.29 is 24.6 Å². The molecule has 0 radical (unpaired) electrons. The number of carbonyl (C=O) groups is 3. The zero-order chi connectivity index (χ0) is 59.0. The van der Waals surface area contributed by atoms with E-state index in [1.54, 1.807) is 13.8 Å². The van der Waals surface area contributed by atoms with E-state index < -0.39 is 11.2 Å². The van der Waals surface area contributed by atoms with Crippen LogP contribution in [0.5, 0.6) is 0 Å². The Kier molecular flexibility index (Phi) is 17.3. The van der Waals surface area contributed by atoms with Crippen LogP contribution < -0.4 is 16.0 Å². The molecule has 8 aromatic rings. The van der Waals surface area contributed by atoms with Crippen LogP contribution in [-0.2, 0) is 42.2 Å². The number of anilines is 3. The lowest BCUT2D eigenvalue weighted by molar-refractivity contribution is -0.121. The maximum Gasteiger partial charge on any atom is 0.229 e. The highest BCUT2D eigenvalue weighted by Crippen LogP contribution is 2.45. The van der Waals surface area contributed by atoms with Gasteiger partial charge >= 0.3 is 0 Å². The number of aryl methyl sites for hydroxylation is 3. The van der Waals surface area contributed by atoms with Gasteiger partial charge in [0.25, 0.3) is 0 Å². The second kappa shape index (κ2) is 23.2. The van der Waals surface area contributed by atoms with Gasteiger partial charge in [-0.05, 0) is 159 Å². The quantitative estimate of drug-likeness (QED) is 0.0645. The Morgan fingerprint density at radius 2 is 0.938 bits per heavy atom. The van der Waals surface area contributed by atoms with Crippen LogP contribution in [0.2, 0.25) is 10.3 Å². The summed E-state index contributed by atoms with van der Waals surface area (Å²) in [6.07, 6.45) is 7.37. The minimum atomic E-state index is -1.28. The van der Waals surface area contributed by atoms with E-state index in [1.165, 1.54) is 0 Å². The number of amides is 3. The molecule has 0 saturated heterocycles. The van der Waals surface area contributed by atoms with Crippen molar-refractivity contribution in [1.82, 2.24) is 43.6 Å². The van der Waals surface area contributed by atoms with E-state index in [1.807, 2.05) is 115 Å². The number of pyridine rings is 3. The average Bonchev–Trinajstić information content (AvgIpc) is 4.24. The fourth-order valence-electron chi connectivity index (χ4n) is 10.5. The Morgan fingerprint density at radius 3 is 1.32 bits per heavy atom. The largest absolute Gasteiger partial charge is 0.385 e. The Bertz CT molecular complexity index is 3440. The molecule has 10 rings (SSSR count). The topological polar surface area (TPSA) is 220 Å². The highest BCUT2D eigenvalue weighted by Gasteiger charge is 2.40. The number of benzene rings is 2. The zero-order valence-electron chi connectivity index (χ0n) is 49.1. The Balaban J connectivity index is 0.000000161. The van der Waals surface area contributed by atoms with Gasteiger partial charge in [0.05, 0.1) is 24.0 Å². The fourth-order valence-corrected chi connectivity index (χ4v) is 10.7. The molecule has 0 aliphatic heterocycles. The minimum absolute atomic E-state index is 0.0160. The van der Waals surface area contributed by atoms with Gasteiger partial charge in [-0.2, -0.15) is 0 Å². The van der Waals surface area contributed by atoms with E-state index >= 15 is 0 Å². The van der Waals surface area contributed by atoms with E-state index in [4.69, 9.17) is 23.2 Å². The number of rotatable bonds is 14. The number of halogens is 2. The van der Waals surface area contributed by atoms with Crippen molar-refractivity contribution in [3.05, 3.63) is 123 Å². The van der Waals surface area contributed by atoms with Crippen molar-refractivity contribution >= 4 is 92.3 Å². The van der Waals surface area contributed by atoms with Crippen LogP contribution in [0.15, 0.2) is 84.9 Å². The summed E-state index contributed by atoms with van der Waals surface area (Å²) in [7, 11) is 0. The molecule has 2 aliphatic carbocycles. The van der Waals surface area contributed by atoms with Gasteiger partial charge in [0.1, 0.15) is 26.9 Å². The van der Waals surface area contributed by atoms with Crippen molar-refractivity contribution in [3.8, 4) is 0 Å². The molecule has 2 aromatic carbocycles. The molecular weight excluding hydrogens is 1060 g/mol. The molecule has 19 heteroatoms. The van der Waals surface area contributed by atoms with Crippen molar-refractivity contribution in [2.24, 2.45) is 5.41 Å². The molecule has 5 N–H and O–H groups in total. The van der Waals surface area contributed by atoms with Crippen LogP contribution in [0.25, 0.3) is 33.5 Å². The zero-order valence-corrected chi connectivity index (χ0v) is 50.6. The maximum atomic E-state index is 12.8. The third-order valence-corrected chi connectivity index (χ3v) is 16.6. The van der Waals surface area contributed by atoms with Crippen molar-refractivity contribution in [2.45, 2.75) is 182 Å². The molecule has 2 fully saturated rings. The van der Waals surface area contributed by atoms with Crippen LogP contribution in [0.3, 0.4) is 0 Å². The average molecular weight is 1140 g/mol. The monoisotopic (exact) mass is 1140 g/mol. The predicted molar refractivity (Wildman–Crippen MR) is 323 cm³/mol. The highest BCUT2D eigenvalue weighted by atomic mass is 35.5. The van der Waals surface area contributed by atoms with Crippen LogP contribution in [0.4, 0.5) is 17.8 Å². The van der Waals surface area contributed by atoms with Crippen LogP contribution >= 0.6 is 23.2 Å². The number of aromatic nitrogens is 9. The summed E-state index contributed by atoms with van der Waals surface area (Å²) in [4.78, 5) is 65.6. The van der Waals surface area contributed by atoms with Gasteiger partial charge in [-0.25, -0.2) is 29.9 Å². The number of imidazole rings is 3. The number of carbonyl (C=O) groups excluding carboxylic acids is 3. The molecule has 2 atom stereocenters. The lowest BCUT2D eigenvalue weighted by Gasteiger charge is -2.40. The molecule has 6 aromatic heterocycles. The smallest absolute Gasteiger partial charge is 0.229 e. The third kappa shape index (κ3) is 13.4. The minimum Gasteiger partial charge on any atom is -0.385 e. The van der Waals surface area contributed by atoms with Gasteiger partial charge in [0.2, 0.25) is 35.6 Å². The molecule has 3 amide bonds. The number of aliphatic hydroxyl groups is 2. The lowest BCUT2D eigenvalue weighted by atomic mass is 9.78. The van der Waals surface area contributed by atoms with Crippen molar-refractivity contribution in [2.75, 3.05) is 16.0 Å². The number of nitrogens with zero attached hydrogens (tertiary/aromatic N) is 9. The molecule has 0 spiro atoms. The van der Waals surface area contributed by atoms with Crippen LogP contribution in [-0.4, -0.2) is 71.5 Å². The van der Waals surface area contributed by atoms with Gasteiger partial charge in [-0.15, -0.1) is 0 Å². The summed E-state index contributed by atoms with van der Waals surface area (Å²) in [6.45, 7) is 25.9. The first-order chi connectivity index (χ1) is 37.9. The number of hydrogen-bond donors (Lipinski definition) is 5. The van der Waals surface area contributed by atoms with E-state index in [-0.39, 0.29) is 52.6 Å².